The molecule has 1 fully saturated rings. The van der Waals surface area contributed by atoms with Gasteiger partial charge in [-0.05, 0) is 32.9 Å². The van der Waals surface area contributed by atoms with E-state index in [9.17, 15) is 9.59 Å². The van der Waals surface area contributed by atoms with Gasteiger partial charge in [-0.2, -0.15) is 0 Å². The summed E-state index contributed by atoms with van der Waals surface area (Å²) in [5, 5.41) is 3.32. The summed E-state index contributed by atoms with van der Waals surface area (Å²) >= 11 is 0. The summed E-state index contributed by atoms with van der Waals surface area (Å²) < 4.78 is 1.98. The lowest BCUT2D eigenvalue weighted by atomic mass is 9.79. The molecule has 0 radical (unpaired) electrons. The molecule has 2 amide bonds. The van der Waals surface area contributed by atoms with E-state index in [1.165, 1.54) is 0 Å². The maximum absolute atomic E-state index is 13.0. The molecule has 0 bridgehead atoms. The fraction of sp³-hybridized carbons (Fsp3) is 0.706. The van der Waals surface area contributed by atoms with Crippen LogP contribution in [0.5, 0.6) is 0 Å². The number of carbonyl (C=O) groups is 2. The minimum atomic E-state index is -0.280. The van der Waals surface area contributed by atoms with E-state index < -0.39 is 0 Å². The number of piperidine rings is 1. The number of hydrogen-bond donors (Lipinski definition) is 1. The topological polar surface area (TPSA) is 70.5 Å². The maximum atomic E-state index is 13.0. The lowest BCUT2D eigenvalue weighted by molar-refractivity contribution is -0.144. The first-order valence-electron chi connectivity index (χ1n) is 8.61. The normalized spacial score (nSPS) is 19.8. The van der Waals surface area contributed by atoms with E-state index in [0.29, 0.717) is 25.3 Å². The Morgan fingerprint density at radius 3 is 2.50 bits per heavy atom. The fourth-order valence-corrected chi connectivity index (χ4v) is 3.69. The predicted octanol–water partition coefficient (Wildman–Crippen LogP) is 0.625. The van der Waals surface area contributed by atoms with Gasteiger partial charge in [-0.15, -0.1) is 0 Å². The molecule has 3 rings (SSSR count). The SMILES string of the molecule is Cc1nc2n(c1C(=O)N(C)C)CCN(C(=O)C1(C)CCNCC1)C2. The van der Waals surface area contributed by atoms with Gasteiger partial charge in [0, 0.05) is 32.6 Å². The molecule has 3 heterocycles. The standard InChI is InChI=1S/C17H27N5O2/c1-12-14(15(23)20(3)4)22-10-9-21(11-13(22)19-12)16(24)17(2)5-7-18-8-6-17/h18H,5-11H2,1-4H3. The van der Waals surface area contributed by atoms with Crippen molar-refractivity contribution in [2.45, 2.75) is 39.8 Å². The molecule has 24 heavy (non-hydrogen) atoms. The number of rotatable bonds is 2. The highest BCUT2D eigenvalue weighted by Crippen LogP contribution is 2.32. The van der Waals surface area contributed by atoms with Crippen molar-refractivity contribution in [3.05, 3.63) is 17.2 Å². The van der Waals surface area contributed by atoms with Crippen molar-refractivity contribution in [3.63, 3.8) is 0 Å². The number of amides is 2. The van der Waals surface area contributed by atoms with Crippen LogP contribution in [0.2, 0.25) is 0 Å². The molecule has 2 aliphatic rings. The van der Waals surface area contributed by atoms with Crippen molar-refractivity contribution < 1.29 is 9.59 Å². The van der Waals surface area contributed by atoms with E-state index in [1.54, 1.807) is 19.0 Å². The summed E-state index contributed by atoms with van der Waals surface area (Å²) in [5.41, 5.74) is 1.11. The highest BCUT2D eigenvalue weighted by Gasteiger charge is 2.39. The van der Waals surface area contributed by atoms with E-state index in [0.717, 1.165) is 37.4 Å². The number of fused-ring (bicyclic) bond motifs is 1. The Bertz CT molecular complexity index is 658. The van der Waals surface area contributed by atoms with E-state index >= 15 is 0 Å². The van der Waals surface area contributed by atoms with Crippen LogP contribution in [-0.2, 0) is 17.9 Å². The Morgan fingerprint density at radius 2 is 1.88 bits per heavy atom. The molecule has 2 aliphatic heterocycles. The molecule has 7 heteroatoms. The average molecular weight is 333 g/mol. The average Bonchev–Trinajstić information content (AvgIpc) is 2.88. The zero-order chi connectivity index (χ0) is 17.5. The van der Waals surface area contributed by atoms with Crippen molar-refractivity contribution in [3.8, 4) is 0 Å². The lowest BCUT2D eigenvalue weighted by Crippen LogP contribution is -2.50. The zero-order valence-corrected chi connectivity index (χ0v) is 15.1. The molecular formula is C17H27N5O2. The third-order valence-corrected chi connectivity index (χ3v) is 5.27. The van der Waals surface area contributed by atoms with Crippen LogP contribution >= 0.6 is 0 Å². The quantitative estimate of drug-likeness (QED) is 0.862. The maximum Gasteiger partial charge on any atom is 0.271 e. The van der Waals surface area contributed by atoms with Crippen LogP contribution in [0.15, 0.2) is 0 Å². The van der Waals surface area contributed by atoms with Crippen LogP contribution in [0.4, 0.5) is 0 Å². The smallest absolute Gasteiger partial charge is 0.271 e. The lowest BCUT2D eigenvalue weighted by Gasteiger charge is -2.39. The molecule has 0 aliphatic carbocycles. The fourth-order valence-electron chi connectivity index (χ4n) is 3.69. The van der Waals surface area contributed by atoms with Crippen molar-refractivity contribution in [1.29, 1.82) is 0 Å². The molecule has 1 aromatic rings. The summed E-state index contributed by atoms with van der Waals surface area (Å²) in [6.45, 7) is 7.48. The largest absolute Gasteiger partial charge is 0.343 e. The van der Waals surface area contributed by atoms with Crippen LogP contribution in [-0.4, -0.2) is 64.9 Å². The van der Waals surface area contributed by atoms with Gasteiger partial charge >= 0.3 is 0 Å². The van der Waals surface area contributed by atoms with Crippen molar-refractivity contribution in [2.75, 3.05) is 33.7 Å². The second-order valence-electron chi connectivity index (χ2n) is 7.35. The van der Waals surface area contributed by atoms with Gasteiger partial charge in [-0.25, -0.2) is 4.98 Å². The van der Waals surface area contributed by atoms with Crippen LogP contribution in [0.25, 0.3) is 0 Å². The number of imidazole rings is 1. The van der Waals surface area contributed by atoms with Crippen LogP contribution in [0.3, 0.4) is 0 Å². The highest BCUT2D eigenvalue weighted by atomic mass is 16.2. The van der Waals surface area contributed by atoms with E-state index in [4.69, 9.17) is 0 Å². The predicted molar refractivity (Wildman–Crippen MR) is 90.6 cm³/mol. The van der Waals surface area contributed by atoms with Gasteiger partial charge in [0.2, 0.25) is 5.91 Å². The number of aryl methyl sites for hydroxylation is 1. The molecule has 1 aromatic heterocycles. The molecule has 0 atom stereocenters. The second-order valence-corrected chi connectivity index (χ2v) is 7.35. The number of nitrogens with one attached hydrogen (secondary N) is 1. The van der Waals surface area contributed by atoms with Crippen LogP contribution in [0.1, 0.15) is 41.8 Å². The van der Waals surface area contributed by atoms with Crippen molar-refractivity contribution in [1.82, 2.24) is 24.7 Å². The molecule has 0 aromatic carbocycles. The monoisotopic (exact) mass is 333 g/mol. The summed E-state index contributed by atoms with van der Waals surface area (Å²) in [6, 6.07) is 0. The van der Waals surface area contributed by atoms with Crippen LogP contribution in [0, 0.1) is 12.3 Å². The van der Waals surface area contributed by atoms with Crippen LogP contribution < -0.4 is 5.32 Å². The minimum Gasteiger partial charge on any atom is -0.343 e. The first kappa shape index (κ1) is 17.0. The Hall–Kier alpha value is -1.89. The van der Waals surface area contributed by atoms with Gasteiger partial charge in [-0.1, -0.05) is 6.92 Å². The van der Waals surface area contributed by atoms with Gasteiger partial charge in [-0.3, -0.25) is 9.59 Å². The molecule has 132 valence electrons. The van der Waals surface area contributed by atoms with Gasteiger partial charge in [0.25, 0.3) is 5.91 Å². The molecule has 1 saturated heterocycles. The number of hydrogen-bond acceptors (Lipinski definition) is 4. The summed E-state index contributed by atoms with van der Waals surface area (Å²) in [4.78, 5) is 33.4. The Morgan fingerprint density at radius 1 is 1.21 bits per heavy atom. The minimum absolute atomic E-state index is 0.0312. The Kier molecular flexibility index (Phi) is 4.38. The third-order valence-electron chi connectivity index (χ3n) is 5.27. The molecule has 0 saturated carbocycles. The zero-order valence-electron chi connectivity index (χ0n) is 15.1. The van der Waals surface area contributed by atoms with E-state index in [-0.39, 0.29) is 17.2 Å². The number of carbonyl (C=O) groups excluding carboxylic acids is 2. The first-order chi connectivity index (χ1) is 11.3. The third kappa shape index (κ3) is 2.81. The Balaban J connectivity index is 1.81. The van der Waals surface area contributed by atoms with Crippen molar-refractivity contribution >= 4 is 11.8 Å². The summed E-state index contributed by atoms with van der Waals surface area (Å²) in [5.74, 6) is 1.00. The number of nitrogens with zero attached hydrogens (tertiary/aromatic N) is 4. The summed E-state index contributed by atoms with van der Waals surface area (Å²) in [6.07, 6.45) is 1.75. The molecule has 0 spiro atoms. The van der Waals surface area contributed by atoms with Gasteiger partial charge in [0.1, 0.15) is 11.5 Å². The summed E-state index contributed by atoms with van der Waals surface area (Å²) in [7, 11) is 3.50. The van der Waals surface area contributed by atoms with E-state index in [1.807, 2.05) is 16.4 Å². The number of aromatic nitrogens is 2. The molecule has 7 nitrogen and oxygen atoms in total. The first-order valence-corrected chi connectivity index (χ1v) is 8.61. The van der Waals surface area contributed by atoms with Crippen molar-refractivity contribution in [2.24, 2.45) is 5.41 Å². The van der Waals surface area contributed by atoms with Gasteiger partial charge in [0.15, 0.2) is 0 Å². The molecule has 1 N–H and O–H groups in total. The van der Waals surface area contributed by atoms with Gasteiger partial charge < -0.3 is 19.7 Å². The highest BCUT2D eigenvalue weighted by molar-refractivity contribution is 5.93. The molecule has 0 unspecified atom stereocenters. The Labute approximate surface area is 143 Å². The second kappa shape index (κ2) is 6.20. The van der Waals surface area contributed by atoms with E-state index in [2.05, 4.69) is 17.2 Å². The van der Waals surface area contributed by atoms with Gasteiger partial charge in [0.05, 0.1) is 12.2 Å². The molecular weight excluding hydrogens is 306 g/mol.